The molecule has 1 saturated heterocycles. The van der Waals surface area contributed by atoms with Crippen LogP contribution in [0.1, 0.15) is 28.8 Å². The molecule has 0 unspecified atom stereocenters. The molecule has 3 rings (SSSR count). The summed E-state index contributed by atoms with van der Waals surface area (Å²) in [6.07, 6.45) is 2.91. The van der Waals surface area contributed by atoms with Crippen molar-refractivity contribution in [1.82, 2.24) is 14.9 Å². The van der Waals surface area contributed by atoms with E-state index in [4.69, 9.17) is 0 Å². The normalized spacial score (nSPS) is 15.5. The highest BCUT2D eigenvalue weighted by molar-refractivity contribution is 7.89. The fourth-order valence-electron chi connectivity index (χ4n) is 3.44. The Morgan fingerprint density at radius 3 is 2.39 bits per heavy atom. The van der Waals surface area contributed by atoms with Crippen LogP contribution in [0.15, 0.2) is 60.0 Å². The second kappa shape index (κ2) is 10.1. The number of likely N-dealkylation sites (tertiary alicyclic amines) is 1. The highest BCUT2D eigenvalue weighted by atomic mass is 32.2. The zero-order valence-corrected chi connectivity index (χ0v) is 17.8. The van der Waals surface area contributed by atoms with Crippen molar-refractivity contribution in [3.05, 3.63) is 77.9 Å². The molecule has 31 heavy (non-hydrogen) atoms. The summed E-state index contributed by atoms with van der Waals surface area (Å²) >= 11 is 0. The maximum absolute atomic E-state index is 13.4. The topological polar surface area (TPSA) is 78.5 Å². The van der Waals surface area contributed by atoms with Gasteiger partial charge in [-0.3, -0.25) is 9.69 Å². The number of benzene rings is 2. The minimum Gasteiger partial charge on any atom is -0.349 e. The third-order valence-corrected chi connectivity index (χ3v) is 6.60. The van der Waals surface area contributed by atoms with Crippen LogP contribution in [-0.4, -0.2) is 44.9 Å². The first kappa shape index (κ1) is 23.1. The molecule has 0 aromatic heterocycles. The molecule has 2 aromatic carbocycles. The number of sulfonamides is 1. The van der Waals surface area contributed by atoms with Crippen molar-refractivity contribution in [2.75, 3.05) is 19.6 Å². The second-order valence-electron chi connectivity index (χ2n) is 7.44. The molecule has 1 amide bonds. The number of nitrogens with one attached hydrogen (secondary N) is 2. The molecular weight excluding hydrogens is 424 g/mol. The minimum absolute atomic E-state index is 0.00799. The maximum Gasteiger partial charge on any atom is 0.251 e. The first-order chi connectivity index (χ1) is 14.8. The fraction of sp³-hybridized carbons (Fsp3) is 0.318. The van der Waals surface area contributed by atoms with Crippen LogP contribution >= 0.6 is 0 Å². The summed E-state index contributed by atoms with van der Waals surface area (Å²) < 4.78 is 53.0. The van der Waals surface area contributed by atoms with Crippen LogP contribution in [0.2, 0.25) is 0 Å². The van der Waals surface area contributed by atoms with Crippen LogP contribution in [0.4, 0.5) is 8.78 Å². The number of carbonyl (C=O) groups excluding carboxylic acids is 1. The van der Waals surface area contributed by atoms with E-state index < -0.39 is 21.7 Å². The Morgan fingerprint density at radius 2 is 1.77 bits per heavy atom. The van der Waals surface area contributed by atoms with Crippen LogP contribution in [0.3, 0.4) is 0 Å². The lowest BCUT2D eigenvalue weighted by atomic mass is 10.0. The molecule has 1 aliphatic heterocycles. The van der Waals surface area contributed by atoms with Gasteiger partial charge in [-0.25, -0.2) is 21.9 Å². The monoisotopic (exact) mass is 449 g/mol. The van der Waals surface area contributed by atoms with Crippen LogP contribution in [0, 0.1) is 11.6 Å². The number of halogens is 2. The lowest BCUT2D eigenvalue weighted by Crippen LogP contribution is -2.44. The van der Waals surface area contributed by atoms with Gasteiger partial charge in [-0.1, -0.05) is 12.1 Å². The summed E-state index contributed by atoms with van der Waals surface area (Å²) in [5, 5.41) is 2.98. The summed E-state index contributed by atoms with van der Waals surface area (Å²) in [5.41, 5.74) is 1.09. The van der Waals surface area contributed by atoms with Crippen molar-refractivity contribution in [3.8, 4) is 0 Å². The average Bonchev–Trinajstić information content (AvgIpc) is 2.76. The van der Waals surface area contributed by atoms with Crippen molar-refractivity contribution >= 4 is 15.9 Å². The zero-order valence-electron chi connectivity index (χ0n) is 17.0. The molecule has 0 aliphatic carbocycles. The first-order valence-electron chi connectivity index (χ1n) is 9.96. The Labute approximate surface area is 181 Å². The van der Waals surface area contributed by atoms with Gasteiger partial charge < -0.3 is 5.32 Å². The molecule has 2 N–H and O–H groups in total. The minimum atomic E-state index is -3.63. The number of amides is 1. The quantitative estimate of drug-likeness (QED) is 0.608. The van der Waals surface area contributed by atoms with E-state index >= 15 is 0 Å². The summed E-state index contributed by atoms with van der Waals surface area (Å²) in [6, 6.07) is 9.65. The standard InChI is InChI=1S/C22H25F2N3O3S/c1-2-11-25-31(29,30)19-6-4-17(5-7-19)22(28)26-18-9-12-27(13-10-18)15-16-3-8-20(23)21(24)14-16/h2-8,14,18,25H,1,9-13,15H2,(H,26,28). The van der Waals surface area contributed by atoms with Crippen molar-refractivity contribution in [1.29, 1.82) is 0 Å². The lowest BCUT2D eigenvalue weighted by molar-refractivity contribution is 0.0908. The van der Waals surface area contributed by atoms with Gasteiger partial charge in [-0.05, 0) is 54.8 Å². The third-order valence-electron chi connectivity index (χ3n) is 5.16. The van der Waals surface area contributed by atoms with E-state index in [-0.39, 0.29) is 23.4 Å². The van der Waals surface area contributed by atoms with Gasteiger partial charge in [0.05, 0.1) is 4.90 Å². The van der Waals surface area contributed by atoms with E-state index in [0.717, 1.165) is 32.0 Å². The van der Waals surface area contributed by atoms with E-state index in [1.807, 2.05) is 0 Å². The SMILES string of the molecule is C=CCNS(=O)(=O)c1ccc(C(=O)NC2CCN(Cc3ccc(F)c(F)c3)CC2)cc1. The summed E-state index contributed by atoms with van der Waals surface area (Å²) in [6.45, 7) is 5.55. The molecule has 1 heterocycles. The smallest absolute Gasteiger partial charge is 0.251 e. The number of nitrogens with zero attached hydrogens (tertiary/aromatic N) is 1. The molecule has 0 spiro atoms. The average molecular weight is 450 g/mol. The van der Waals surface area contributed by atoms with Gasteiger partial charge in [-0.15, -0.1) is 6.58 Å². The van der Waals surface area contributed by atoms with E-state index in [9.17, 15) is 22.0 Å². The number of hydrogen-bond acceptors (Lipinski definition) is 4. The van der Waals surface area contributed by atoms with Gasteiger partial charge >= 0.3 is 0 Å². The Bertz CT molecular complexity index is 1030. The molecule has 2 aromatic rings. The van der Waals surface area contributed by atoms with Crippen molar-refractivity contribution in [2.45, 2.75) is 30.3 Å². The highest BCUT2D eigenvalue weighted by Crippen LogP contribution is 2.17. The van der Waals surface area contributed by atoms with Crippen LogP contribution in [-0.2, 0) is 16.6 Å². The van der Waals surface area contributed by atoms with Gasteiger partial charge in [0, 0.05) is 37.8 Å². The molecule has 1 fully saturated rings. The Balaban J connectivity index is 1.50. The van der Waals surface area contributed by atoms with Crippen molar-refractivity contribution in [2.24, 2.45) is 0 Å². The molecular formula is C22H25F2N3O3S. The molecule has 0 atom stereocenters. The second-order valence-corrected chi connectivity index (χ2v) is 9.20. The summed E-state index contributed by atoms with van der Waals surface area (Å²) in [4.78, 5) is 14.7. The lowest BCUT2D eigenvalue weighted by Gasteiger charge is -2.32. The van der Waals surface area contributed by atoms with Gasteiger partial charge in [0.15, 0.2) is 11.6 Å². The molecule has 0 radical (unpaired) electrons. The first-order valence-corrected chi connectivity index (χ1v) is 11.4. The predicted octanol–water partition coefficient (Wildman–Crippen LogP) is 2.82. The molecule has 1 aliphatic rings. The van der Waals surface area contributed by atoms with Gasteiger partial charge in [-0.2, -0.15) is 0 Å². The summed E-state index contributed by atoms with van der Waals surface area (Å²) in [7, 11) is -3.63. The van der Waals surface area contributed by atoms with E-state index in [2.05, 4.69) is 21.5 Å². The number of piperidine rings is 1. The van der Waals surface area contributed by atoms with Crippen LogP contribution in [0.25, 0.3) is 0 Å². The Kier molecular flexibility index (Phi) is 7.53. The number of carbonyl (C=O) groups is 1. The molecule has 0 bridgehead atoms. The van der Waals surface area contributed by atoms with E-state index in [1.165, 1.54) is 36.4 Å². The fourth-order valence-corrected chi connectivity index (χ4v) is 4.44. The number of hydrogen-bond donors (Lipinski definition) is 2. The largest absolute Gasteiger partial charge is 0.349 e. The molecule has 0 saturated carbocycles. The third kappa shape index (κ3) is 6.19. The van der Waals surface area contributed by atoms with Gasteiger partial charge in [0.25, 0.3) is 5.91 Å². The Hall–Kier alpha value is -2.62. The predicted molar refractivity (Wildman–Crippen MR) is 114 cm³/mol. The van der Waals surface area contributed by atoms with Crippen LogP contribution < -0.4 is 10.0 Å². The van der Waals surface area contributed by atoms with Crippen molar-refractivity contribution < 1.29 is 22.0 Å². The highest BCUT2D eigenvalue weighted by Gasteiger charge is 2.22. The van der Waals surface area contributed by atoms with E-state index in [1.54, 1.807) is 6.07 Å². The van der Waals surface area contributed by atoms with Crippen LogP contribution in [0.5, 0.6) is 0 Å². The van der Waals surface area contributed by atoms with Gasteiger partial charge in [0.2, 0.25) is 10.0 Å². The molecule has 9 heteroatoms. The molecule has 166 valence electrons. The molecule has 6 nitrogen and oxygen atoms in total. The van der Waals surface area contributed by atoms with E-state index in [0.29, 0.717) is 17.7 Å². The maximum atomic E-state index is 13.4. The van der Waals surface area contributed by atoms with Gasteiger partial charge in [0.1, 0.15) is 0 Å². The van der Waals surface area contributed by atoms with Crippen molar-refractivity contribution in [3.63, 3.8) is 0 Å². The number of rotatable bonds is 8. The summed E-state index contributed by atoms with van der Waals surface area (Å²) in [5.74, 6) is -1.97. The zero-order chi connectivity index (χ0) is 22.4. The Morgan fingerprint density at radius 1 is 1.10 bits per heavy atom.